The van der Waals surface area contributed by atoms with Gasteiger partial charge in [-0.05, 0) is 23.9 Å². The van der Waals surface area contributed by atoms with Crippen LogP contribution in [0.1, 0.15) is 11.3 Å². The first-order valence-corrected chi connectivity index (χ1v) is 10.8. The van der Waals surface area contributed by atoms with Crippen molar-refractivity contribution in [3.05, 3.63) is 70.8 Å². The molecule has 2 aliphatic rings. The van der Waals surface area contributed by atoms with Crippen molar-refractivity contribution in [1.29, 1.82) is 0 Å². The second-order valence-corrected chi connectivity index (χ2v) is 8.20. The molecule has 0 atom stereocenters. The summed E-state index contributed by atoms with van der Waals surface area (Å²) in [5.74, 6) is 0.870. The number of H-pyrrole nitrogens is 1. The molecular formula is C24H25N5O3. The molecule has 8 nitrogen and oxygen atoms in total. The Bertz CT molecular complexity index is 1260. The molecule has 0 spiro atoms. The summed E-state index contributed by atoms with van der Waals surface area (Å²) in [6.07, 6.45) is 2.06. The number of hydrogen-bond acceptors (Lipinski definition) is 6. The third-order valence-electron chi connectivity index (χ3n) is 6.31. The van der Waals surface area contributed by atoms with Crippen molar-refractivity contribution in [3.63, 3.8) is 0 Å². The topological polar surface area (TPSA) is 92.8 Å². The SMILES string of the molecule is C=CC(=O)N1CCN(c2nc(=O)[nH]c3c2CCN(c2cc(O)cc4ccccc24)C3)CC1. The number of hydrogen-bond donors (Lipinski definition) is 2. The van der Waals surface area contributed by atoms with Crippen molar-refractivity contribution in [2.75, 3.05) is 42.5 Å². The van der Waals surface area contributed by atoms with Crippen molar-refractivity contribution in [1.82, 2.24) is 14.9 Å². The number of nitrogens with zero attached hydrogens (tertiary/aromatic N) is 4. The number of carbonyl (C=O) groups is 1. The van der Waals surface area contributed by atoms with Gasteiger partial charge in [-0.25, -0.2) is 4.79 Å². The van der Waals surface area contributed by atoms with Crippen LogP contribution in [-0.4, -0.2) is 58.6 Å². The fourth-order valence-corrected chi connectivity index (χ4v) is 4.72. The van der Waals surface area contributed by atoms with Gasteiger partial charge in [-0.1, -0.05) is 30.8 Å². The molecule has 0 bridgehead atoms. The molecule has 1 saturated heterocycles. The molecule has 2 aromatic carbocycles. The summed E-state index contributed by atoms with van der Waals surface area (Å²) < 4.78 is 0. The van der Waals surface area contributed by atoms with E-state index in [4.69, 9.17) is 0 Å². The summed E-state index contributed by atoms with van der Waals surface area (Å²) >= 11 is 0. The molecule has 5 rings (SSSR count). The standard InChI is InChI=1S/C24H25N5O3/c1-2-22(31)27-9-11-28(12-10-27)23-19-7-8-29(15-20(19)25-24(32)26-23)21-14-17(30)13-16-5-3-4-6-18(16)21/h2-6,13-14,30H,1,7-12,15H2,(H,25,26,32). The highest BCUT2D eigenvalue weighted by Crippen LogP contribution is 2.35. The Kier molecular flexibility index (Phi) is 5.05. The molecule has 32 heavy (non-hydrogen) atoms. The predicted molar refractivity (Wildman–Crippen MR) is 124 cm³/mol. The lowest BCUT2D eigenvalue weighted by Crippen LogP contribution is -2.49. The number of nitrogens with one attached hydrogen (secondary N) is 1. The number of phenols is 1. The van der Waals surface area contributed by atoms with Crippen LogP contribution in [0.3, 0.4) is 0 Å². The lowest BCUT2D eigenvalue weighted by Gasteiger charge is -2.38. The predicted octanol–water partition coefficient (Wildman–Crippen LogP) is 2.03. The molecule has 3 aromatic rings. The van der Waals surface area contributed by atoms with E-state index >= 15 is 0 Å². The average molecular weight is 431 g/mol. The number of anilines is 2. The number of fused-ring (bicyclic) bond motifs is 2. The number of amides is 1. The van der Waals surface area contributed by atoms with Gasteiger partial charge < -0.3 is 24.8 Å². The van der Waals surface area contributed by atoms with Crippen LogP contribution in [0.25, 0.3) is 10.8 Å². The number of carbonyl (C=O) groups excluding carboxylic acids is 1. The van der Waals surface area contributed by atoms with Crippen LogP contribution in [0.15, 0.2) is 53.8 Å². The van der Waals surface area contributed by atoms with Crippen LogP contribution in [0.2, 0.25) is 0 Å². The van der Waals surface area contributed by atoms with Gasteiger partial charge in [0.1, 0.15) is 11.6 Å². The fourth-order valence-electron chi connectivity index (χ4n) is 4.72. The molecular weight excluding hydrogens is 406 g/mol. The van der Waals surface area contributed by atoms with Gasteiger partial charge >= 0.3 is 5.69 Å². The Morgan fingerprint density at radius 1 is 1.09 bits per heavy atom. The van der Waals surface area contributed by atoms with Crippen LogP contribution in [0.4, 0.5) is 11.5 Å². The van der Waals surface area contributed by atoms with E-state index in [2.05, 4.69) is 26.3 Å². The van der Waals surface area contributed by atoms with E-state index in [9.17, 15) is 14.7 Å². The van der Waals surface area contributed by atoms with Crippen molar-refractivity contribution in [2.24, 2.45) is 0 Å². The van der Waals surface area contributed by atoms with Gasteiger partial charge in [0.25, 0.3) is 0 Å². The van der Waals surface area contributed by atoms with Gasteiger partial charge in [-0.2, -0.15) is 4.98 Å². The molecule has 1 fully saturated rings. The number of piperazine rings is 1. The second-order valence-electron chi connectivity index (χ2n) is 8.20. The van der Waals surface area contributed by atoms with Crippen molar-refractivity contribution in [3.8, 4) is 5.75 Å². The smallest absolute Gasteiger partial charge is 0.347 e. The van der Waals surface area contributed by atoms with Gasteiger partial charge in [-0.3, -0.25) is 4.79 Å². The molecule has 1 amide bonds. The highest BCUT2D eigenvalue weighted by atomic mass is 16.3. The molecule has 0 aliphatic carbocycles. The summed E-state index contributed by atoms with van der Waals surface area (Å²) in [6, 6.07) is 11.5. The van der Waals surface area contributed by atoms with Gasteiger partial charge in [0.15, 0.2) is 0 Å². The molecule has 2 N–H and O–H groups in total. The zero-order valence-corrected chi connectivity index (χ0v) is 17.8. The number of phenolic OH excluding ortho intramolecular Hbond substituents is 1. The lowest BCUT2D eigenvalue weighted by atomic mass is 10.0. The summed E-state index contributed by atoms with van der Waals surface area (Å²) in [5, 5.41) is 12.3. The molecule has 3 heterocycles. The van der Waals surface area contributed by atoms with Crippen molar-refractivity contribution < 1.29 is 9.90 Å². The highest BCUT2D eigenvalue weighted by molar-refractivity contribution is 5.95. The van der Waals surface area contributed by atoms with E-state index in [-0.39, 0.29) is 17.3 Å². The van der Waals surface area contributed by atoms with Crippen LogP contribution < -0.4 is 15.5 Å². The zero-order chi connectivity index (χ0) is 22.2. The van der Waals surface area contributed by atoms with Gasteiger partial charge in [0.05, 0.1) is 6.54 Å². The van der Waals surface area contributed by atoms with Crippen LogP contribution >= 0.6 is 0 Å². The number of benzene rings is 2. The maximum atomic E-state index is 12.4. The first-order chi connectivity index (χ1) is 15.5. The summed E-state index contributed by atoms with van der Waals surface area (Å²) in [7, 11) is 0. The molecule has 164 valence electrons. The summed E-state index contributed by atoms with van der Waals surface area (Å²) in [6.45, 7) is 7.25. The van der Waals surface area contributed by atoms with Gasteiger partial charge in [-0.15, -0.1) is 0 Å². The molecule has 0 unspecified atom stereocenters. The molecule has 2 aliphatic heterocycles. The van der Waals surface area contributed by atoms with E-state index in [1.54, 1.807) is 17.0 Å². The van der Waals surface area contributed by atoms with E-state index in [0.29, 0.717) is 32.7 Å². The maximum absolute atomic E-state index is 12.4. The minimum Gasteiger partial charge on any atom is -0.508 e. The quantitative estimate of drug-likeness (QED) is 0.617. The summed E-state index contributed by atoms with van der Waals surface area (Å²) in [5.41, 5.74) is 2.48. The largest absolute Gasteiger partial charge is 0.508 e. The van der Waals surface area contributed by atoms with E-state index in [1.807, 2.05) is 24.3 Å². The average Bonchev–Trinajstić information content (AvgIpc) is 2.82. The monoisotopic (exact) mass is 431 g/mol. The van der Waals surface area contributed by atoms with E-state index < -0.39 is 0 Å². The van der Waals surface area contributed by atoms with Gasteiger partial charge in [0.2, 0.25) is 5.91 Å². The Balaban J connectivity index is 1.45. The van der Waals surface area contributed by atoms with E-state index in [0.717, 1.165) is 46.5 Å². The number of aromatic hydroxyl groups is 1. The lowest BCUT2D eigenvalue weighted by molar-refractivity contribution is -0.126. The Labute approximate surface area is 185 Å². The maximum Gasteiger partial charge on any atom is 0.347 e. The van der Waals surface area contributed by atoms with Crippen LogP contribution in [0.5, 0.6) is 5.75 Å². The van der Waals surface area contributed by atoms with Crippen LogP contribution in [-0.2, 0) is 17.8 Å². The summed E-state index contributed by atoms with van der Waals surface area (Å²) in [4.78, 5) is 37.6. The molecule has 0 saturated carbocycles. The number of aromatic amines is 1. The third kappa shape index (κ3) is 3.57. The van der Waals surface area contributed by atoms with Crippen LogP contribution in [0, 0.1) is 0 Å². The first kappa shape index (κ1) is 20.1. The second kappa shape index (κ2) is 8.03. The molecule has 0 radical (unpaired) electrons. The zero-order valence-electron chi connectivity index (χ0n) is 17.8. The Morgan fingerprint density at radius 3 is 2.66 bits per heavy atom. The number of aromatic nitrogens is 2. The van der Waals surface area contributed by atoms with Crippen molar-refractivity contribution >= 4 is 28.2 Å². The Morgan fingerprint density at radius 2 is 1.88 bits per heavy atom. The highest BCUT2D eigenvalue weighted by Gasteiger charge is 2.27. The van der Waals surface area contributed by atoms with Gasteiger partial charge in [0, 0.05) is 61.1 Å². The normalized spacial score (nSPS) is 16.2. The van der Waals surface area contributed by atoms with E-state index in [1.165, 1.54) is 6.08 Å². The minimum atomic E-state index is -0.369. The molecule has 8 heteroatoms. The Hall–Kier alpha value is -3.81. The molecule has 1 aromatic heterocycles. The first-order valence-electron chi connectivity index (χ1n) is 10.8. The minimum absolute atomic E-state index is 0.0699. The number of rotatable bonds is 3. The van der Waals surface area contributed by atoms with Crippen molar-refractivity contribution in [2.45, 2.75) is 13.0 Å². The third-order valence-corrected chi connectivity index (χ3v) is 6.31. The fraction of sp³-hybridized carbons (Fsp3) is 0.292.